The largest absolute Gasteiger partial charge is 0.440 e. The van der Waals surface area contributed by atoms with Crippen molar-refractivity contribution in [2.45, 2.75) is 5.92 Å². The van der Waals surface area contributed by atoms with Gasteiger partial charge >= 0.3 is 0 Å². The van der Waals surface area contributed by atoms with E-state index in [1.54, 1.807) is 0 Å². The van der Waals surface area contributed by atoms with E-state index in [1.165, 1.54) is 0 Å². The van der Waals surface area contributed by atoms with Gasteiger partial charge in [-0.2, -0.15) is 15.8 Å². The topological polar surface area (TPSA) is 107 Å². The molecular weight excluding hydrogens is 276 g/mol. The standard InChI is InChI=1S/C17H10N4O/c18-7-12(8-19)16-13-5-10-3-1-2-4-11(10)6-15(13)22-17(21)14(16)9-20/h1-6,12,16H,21H2. The molecule has 2 aromatic carbocycles. The molecule has 1 heterocycles. The quantitative estimate of drug-likeness (QED) is 0.867. The lowest BCUT2D eigenvalue weighted by molar-refractivity contribution is 0.384. The summed E-state index contributed by atoms with van der Waals surface area (Å²) < 4.78 is 5.53. The van der Waals surface area contributed by atoms with Crippen LogP contribution in [0.25, 0.3) is 10.8 Å². The van der Waals surface area contributed by atoms with E-state index < -0.39 is 11.8 Å². The predicted molar refractivity (Wildman–Crippen MR) is 78.9 cm³/mol. The first kappa shape index (κ1) is 13.5. The van der Waals surface area contributed by atoms with E-state index in [9.17, 15) is 15.8 Å². The van der Waals surface area contributed by atoms with Gasteiger partial charge in [0.05, 0.1) is 23.6 Å². The fourth-order valence-corrected chi connectivity index (χ4v) is 2.70. The molecule has 22 heavy (non-hydrogen) atoms. The zero-order chi connectivity index (χ0) is 15.7. The van der Waals surface area contributed by atoms with Gasteiger partial charge in [-0.05, 0) is 22.9 Å². The number of ether oxygens (including phenoxy) is 1. The summed E-state index contributed by atoms with van der Waals surface area (Å²) in [5.74, 6) is -1.27. The van der Waals surface area contributed by atoms with Gasteiger partial charge in [-0.15, -0.1) is 0 Å². The third kappa shape index (κ3) is 1.92. The molecule has 5 nitrogen and oxygen atoms in total. The lowest BCUT2D eigenvalue weighted by Gasteiger charge is -2.26. The van der Waals surface area contributed by atoms with Crippen LogP contribution in [0.4, 0.5) is 0 Å². The molecular formula is C17H10N4O. The van der Waals surface area contributed by atoms with Crippen LogP contribution in [-0.2, 0) is 0 Å². The Bertz CT molecular complexity index is 910. The van der Waals surface area contributed by atoms with Gasteiger partial charge in [-0.1, -0.05) is 24.3 Å². The van der Waals surface area contributed by atoms with E-state index in [-0.39, 0.29) is 11.5 Å². The molecule has 2 aromatic rings. The molecule has 1 aliphatic rings. The lowest BCUT2D eigenvalue weighted by atomic mass is 9.80. The number of allylic oxidation sites excluding steroid dienone is 1. The number of hydrogen-bond donors (Lipinski definition) is 1. The van der Waals surface area contributed by atoms with E-state index in [0.717, 1.165) is 10.8 Å². The fraction of sp³-hybridized carbons (Fsp3) is 0.118. The highest BCUT2D eigenvalue weighted by Gasteiger charge is 2.35. The van der Waals surface area contributed by atoms with Crippen molar-refractivity contribution in [3.63, 3.8) is 0 Å². The minimum atomic E-state index is -1.00. The molecule has 0 bridgehead atoms. The van der Waals surface area contributed by atoms with Gasteiger partial charge in [0.15, 0.2) is 0 Å². The maximum atomic E-state index is 9.32. The highest BCUT2D eigenvalue weighted by Crippen LogP contribution is 2.43. The molecule has 0 radical (unpaired) electrons. The first-order chi connectivity index (χ1) is 10.7. The SMILES string of the molecule is N#CC1=C(N)Oc2cc3ccccc3cc2C1C(C#N)C#N. The van der Waals surface area contributed by atoms with Crippen LogP contribution >= 0.6 is 0 Å². The number of rotatable bonds is 1. The van der Waals surface area contributed by atoms with Crippen LogP contribution < -0.4 is 10.5 Å². The fourth-order valence-electron chi connectivity index (χ4n) is 2.70. The molecule has 104 valence electrons. The Labute approximate surface area is 127 Å². The van der Waals surface area contributed by atoms with Crippen molar-refractivity contribution in [3.05, 3.63) is 53.4 Å². The molecule has 0 spiro atoms. The van der Waals surface area contributed by atoms with Gasteiger partial charge in [0, 0.05) is 5.56 Å². The van der Waals surface area contributed by atoms with Crippen molar-refractivity contribution in [2.24, 2.45) is 11.7 Å². The number of benzene rings is 2. The Morgan fingerprint density at radius 1 is 1.05 bits per heavy atom. The molecule has 3 rings (SSSR count). The molecule has 1 atom stereocenters. The van der Waals surface area contributed by atoms with Crippen LogP contribution in [0.1, 0.15) is 11.5 Å². The average molecular weight is 286 g/mol. The van der Waals surface area contributed by atoms with Crippen molar-refractivity contribution < 1.29 is 4.74 Å². The Kier molecular flexibility index (Phi) is 3.14. The molecule has 0 saturated heterocycles. The minimum Gasteiger partial charge on any atom is -0.440 e. The molecule has 1 unspecified atom stereocenters. The number of nitrogens with zero attached hydrogens (tertiary/aromatic N) is 3. The third-order valence-electron chi connectivity index (χ3n) is 3.74. The summed E-state index contributed by atoms with van der Waals surface area (Å²) in [6.45, 7) is 0. The van der Waals surface area contributed by atoms with E-state index in [0.29, 0.717) is 11.3 Å². The second kappa shape index (κ2) is 5.13. The average Bonchev–Trinajstić information content (AvgIpc) is 2.54. The zero-order valence-electron chi connectivity index (χ0n) is 11.4. The highest BCUT2D eigenvalue weighted by molar-refractivity contribution is 5.85. The summed E-state index contributed by atoms with van der Waals surface area (Å²) in [6.07, 6.45) is 0. The summed E-state index contributed by atoms with van der Waals surface area (Å²) in [4.78, 5) is 0. The van der Waals surface area contributed by atoms with Crippen molar-refractivity contribution >= 4 is 10.8 Å². The number of hydrogen-bond acceptors (Lipinski definition) is 5. The number of fused-ring (bicyclic) bond motifs is 2. The Hall–Kier alpha value is -3.49. The van der Waals surface area contributed by atoms with E-state index in [4.69, 9.17) is 10.5 Å². The second-order valence-electron chi connectivity index (χ2n) is 4.94. The summed E-state index contributed by atoms with van der Waals surface area (Å²) in [5, 5.41) is 29.7. The minimum absolute atomic E-state index is 0.0502. The van der Waals surface area contributed by atoms with E-state index >= 15 is 0 Å². The maximum Gasteiger partial charge on any atom is 0.205 e. The van der Waals surface area contributed by atoms with Crippen LogP contribution in [0, 0.1) is 39.9 Å². The monoisotopic (exact) mass is 286 g/mol. The van der Waals surface area contributed by atoms with E-state index in [1.807, 2.05) is 54.6 Å². The summed E-state index contributed by atoms with van der Waals surface area (Å²) in [6, 6.07) is 17.2. The van der Waals surface area contributed by atoms with Crippen LogP contribution in [-0.4, -0.2) is 0 Å². The first-order valence-corrected chi connectivity index (χ1v) is 6.59. The van der Waals surface area contributed by atoms with Gasteiger partial charge in [0.1, 0.15) is 17.7 Å². The lowest BCUT2D eigenvalue weighted by Crippen LogP contribution is -2.24. The molecule has 2 N–H and O–H groups in total. The molecule has 0 fully saturated rings. The van der Waals surface area contributed by atoms with Crippen LogP contribution in [0.15, 0.2) is 47.9 Å². The Morgan fingerprint density at radius 2 is 1.68 bits per heavy atom. The molecule has 0 saturated carbocycles. The van der Waals surface area contributed by atoms with Crippen molar-refractivity contribution in [3.8, 4) is 24.0 Å². The van der Waals surface area contributed by atoms with Gasteiger partial charge in [-0.3, -0.25) is 0 Å². The second-order valence-corrected chi connectivity index (χ2v) is 4.94. The van der Waals surface area contributed by atoms with Gasteiger partial charge in [0.2, 0.25) is 5.88 Å². The van der Waals surface area contributed by atoms with Crippen molar-refractivity contribution in [2.75, 3.05) is 0 Å². The number of nitriles is 3. The zero-order valence-corrected chi connectivity index (χ0v) is 11.4. The Morgan fingerprint density at radius 3 is 2.27 bits per heavy atom. The molecule has 1 aliphatic heterocycles. The smallest absolute Gasteiger partial charge is 0.205 e. The summed E-state index contributed by atoms with van der Waals surface area (Å²) in [7, 11) is 0. The van der Waals surface area contributed by atoms with Crippen LogP contribution in [0.3, 0.4) is 0 Å². The summed E-state index contributed by atoms with van der Waals surface area (Å²) in [5.41, 5.74) is 6.56. The normalized spacial score (nSPS) is 16.4. The van der Waals surface area contributed by atoms with Crippen LogP contribution in [0.5, 0.6) is 5.75 Å². The van der Waals surface area contributed by atoms with Crippen LogP contribution in [0.2, 0.25) is 0 Å². The third-order valence-corrected chi connectivity index (χ3v) is 3.74. The van der Waals surface area contributed by atoms with Gasteiger partial charge < -0.3 is 10.5 Å². The van der Waals surface area contributed by atoms with Crippen molar-refractivity contribution in [1.82, 2.24) is 0 Å². The molecule has 0 aliphatic carbocycles. The maximum absolute atomic E-state index is 9.32. The summed E-state index contributed by atoms with van der Waals surface area (Å²) >= 11 is 0. The van der Waals surface area contributed by atoms with Gasteiger partial charge in [-0.25, -0.2) is 0 Å². The predicted octanol–water partition coefficient (Wildman–Crippen LogP) is 2.67. The molecule has 5 heteroatoms. The van der Waals surface area contributed by atoms with Gasteiger partial charge in [0.25, 0.3) is 0 Å². The number of nitrogens with two attached hydrogens (primary N) is 1. The van der Waals surface area contributed by atoms with E-state index in [2.05, 4.69) is 0 Å². The first-order valence-electron chi connectivity index (χ1n) is 6.59. The van der Waals surface area contributed by atoms with Crippen molar-refractivity contribution in [1.29, 1.82) is 15.8 Å². The Balaban J connectivity index is 2.30. The molecule has 0 aromatic heterocycles. The highest BCUT2D eigenvalue weighted by atomic mass is 16.5. The molecule has 0 amide bonds.